The van der Waals surface area contributed by atoms with E-state index in [9.17, 15) is 14.4 Å². The number of hydrogen-bond acceptors (Lipinski definition) is 6. The molecule has 0 spiro atoms. The van der Waals surface area contributed by atoms with E-state index in [0.717, 1.165) is 122 Å². The first-order valence-electron chi connectivity index (χ1n) is 25.2. The summed E-state index contributed by atoms with van der Waals surface area (Å²) in [6.07, 6.45) is 65.7. The molecular weight excluding hydrogens is 769 g/mol. The Kier molecular flexibility index (Phi) is 47.0. The van der Waals surface area contributed by atoms with Crippen LogP contribution in [0.15, 0.2) is 97.2 Å². The van der Waals surface area contributed by atoms with Crippen molar-refractivity contribution in [3.05, 3.63) is 97.2 Å². The quantitative estimate of drug-likeness (QED) is 0.0263. The van der Waals surface area contributed by atoms with Crippen LogP contribution < -0.4 is 0 Å². The minimum absolute atomic E-state index is 0.0848. The van der Waals surface area contributed by atoms with E-state index in [-0.39, 0.29) is 31.1 Å². The second-order valence-electron chi connectivity index (χ2n) is 16.4. The smallest absolute Gasteiger partial charge is 0.306 e. The van der Waals surface area contributed by atoms with E-state index in [0.29, 0.717) is 19.3 Å². The molecule has 0 aliphatic rings. The van der Waals surface area contributed by atoms with E-state index >= 15 is 0 Å². The number of hydrogen-bond donors (Lipinski definition) is 0. The number of rotatable bonds is 44. The average molecular weight is 861 g/mol. The van der Waals surface area contributed by atoms with Crippen LogP contribution in [0.1, 0.15) is 220 Å². The number of esters is 3. The number of carbonyl (C=O) groups excluding carboxylic acids is 3. The Morgan fingerprint density at radius 3 is 0.984 bits per heavy atom. The van der Waals surface area contributed by atoms with Gasteiger partial charge in [0.15, 0.2) is 6.10 Å². The fourth-order valence-corrected chi connectivity index (χ4v) is 6.57. The molecule has 0 aromatic rings. The topological polar surface area (TPSA) is 78.9 Å². The summed E-state index contributed by atoms with van der Waals surface area (Å²) in [6, 6.07) is 0. The van der Waals surface area contributed by atoms with Crippen molar-refractivity contribution >= 4 is 17.9 Å². The van der Waals surface area contributed by atoms with Gasteiger partial charge in [0.05, 0.1) is 0 Å². The lowest BCUT2D eigenvalue weighted by Crippen LogP contribution is -2.30. The fourth-order valence-electron chi connectivity index (χ4n) is 6.57. The van der Waals surface area contributed by atoms with E-state index in [1.807, 2.05) is 0 Å². The van der Waals surface area contributed by atoms with Gasteiger partial charge in [0.2, 0.25) is 0 Å². The molecule has 0 aromatic heterocycles. The van der Waals surface area contributed by atoms with Gasteiger partial charge in [0, 0.05) is 19.3 Å². The molecule has 0 saturated carbocycles. The summed E-state index contributed by atoms with van der Waals surface area (Å²) >= 11 is 0. The van der Waals surface area contributed by atoms with Crippen LogP contribution in [0.3, 0.4) is 0 Å². The van der Waals surface area contributed by atoms with Gasteiger partial charge in [0.1, 0.15) is 13.2 Å². The molecule has 0 rings (SSSR count). The number of allylic oxidation sites excluding steroid dienone is 16. The minimum Gasteiger partial charge on any atom is -0.462 e. The molecular formula is C56H92O6. The maximum atomic E-state index is 12.6. The van der Waals surface area contributed by atoms with E-state index < -0.39 is 6.10 Å². The molecule has 0 aliphatic carbocycles. The molecule has 6 heteroatoms. The standard InChI is InChI=1S/C56H92O6/c1-4-7-10-13-16-18-19-20-21-22-23-24-25-26-27-28-29-30-31-32-33-34-35-36-37-38-41-43-46-49-55(58)61-52-53(51-60-54(57)48-45-42-39-15-12-9-6-3)62-56(59)50-47-44-40-17-14-11-8-5-2/h7,10,16,18,20-21,23-24,26-27,29-30,32-33,35-36,53H,4-6,8-9,11-15,17,19,22,25,28,31,34,37-52H2,1-3H3/b10-7-,18-16-,21-20-,24-23-,27-26-,30-29-,33-32-,36-35-. The van der Waals surface area contributed by atoms with E-state index in [2.05, 4.69) is 118 Å². The Morgan fingerprint density at radius 1 is 0.339 bits per heavy atom. The van der Waals surface area contributed by atoms with E-state index in [1.165, 1.54) is 57.8 Å². The molecule has 0 N–H and O–H groups in total. The van der Waals surface area contributed by atoms with Crippen molar-refractivity contribution in [1.29, 1.82) is 0 Å². The molecule has 0 bridgehead atoms. The maximum absolute atomic E-state index is 12.6. The second kappa shape index (κ2) is 50.0. The summed E-state index contributed by atoms with van der Waals surface area (Å²) in [5.74, 6) is -0.928. The Labute approximate surface area is 381 Å². The highest BCUT2D eigenvalue weighted by Gasteiger charge is 2.19. The Balaban J connectivity index is 4.16. The first-order chi connectivity index (χ1) is 30.5. The molecule has 1 unspecified atom stereocenters. The third-order valence-corrected chi connectivity index (χ3v) is 10.4. The van der Waals surface area contributed by atoms with Gasteiger partial charge in [-0.1, -0.05) is 214 Å². The zero-order valence-corrected chi connectivity index (χ0v) is 40.1. The van der Waals surface area contributed by atoms with E-state index in [4.69, 9.17) is 14.2 Å². The summed E-state index contributed by atoms with van der Waals surface area (Å²) in [4.78, 5) is 37.6. The van der Waals surface area contributed by atoms with Crippen LogP contribution in [0.25, 0.3) is 0 Å². The average Bonchev–Trinajstić information content (AvgIpc) is 3.27. The molecule has 0 saturated heterocycles. The highest BCUT2D eigenvalue weighted by molar-refractivity contribution is 5.71. The summed E-state index contributed by atoms with van der Waals surface area (Å²) in [5.41, 5.74) is 0. The monoisotopic (exact) mass is 861 g/mol. The zero-order chi connectivity index (χ0) is 45.1. The molecule has 0 amide bonds. The molecule has 0 radical (unpaired) electrons. The number of carbonyl (C=O) groups is 3. The van der Waals surface area contributed by atoms with Gasteiger partial charge in [-0.3, -0.25) is 14.4 Å². The largest absolute Gasteiger partial charge is 0.462 e. The van der Waals surface area contributed by atoms with Crippen molar-refractivity contribution in [2.24, 2.45) is 0 Å². The minimum atomic E-state index is -0.781. The SMILES string of the molecule is CC/C=C\C/C=C\C/C=C\C/C=C\C/C=C\C/C=C\C/C=C\C/C=C\CCCCCCC(=O)OCC(COC(=O)CCCCCCCCC)OC(=O)CCCCCCCCCC. The van der Waals surface area contributed by atoms with Crippen LogP contribution in [0.2, 0.25) is 0 Å². The van der Waals surface area contributed by atoms with Crippen molar-refractivity contribution < 1.29 is 28.6 Å². The number of ether oxygens (including phenoxy) is 3. The predicted molar refractivity (Wildman–Crippen MR) is 265 cm³/mol. The van der Waals surface area contributed by atoms with Gasteiger partial charge in [0.25, 0.3) is 0 Å². The summed E-state index contributed by atoms with van der Waals surface area (Å²) in [7, 11) is 0. The van der Waals surface area contributed by atoms with Crippen molar-refractivity contribution in [3.8, 4) is 0 Å². The van der Waals surface area contributed by atoms with Gasteiger partial charge in [-0.15, -0.1) is 0 Å². The highest BCUT2D eigenvalue weighted by Crippen LogP contribution is 2.13. The maximum Gasteiger partial charge on any atom is 0.306 e. The predicted octanol–water partition coefficient (Wildman–Crippen LogP) is 16.6. The molecule has 6 nitrogen and oxygen atoms in total. The van der Waals surface area contributed by atoms with Gasteiger partial charge < -0.3 is 14.2 Å². The molecule has 0 heterocycles. The first kappa shape index (κ1) is 58.3. The molecule has 0 fully saturated rings. The lowest BCUT2D eigenvalue weighted by Gasteiger charge is -2.18. The Hall–Kier alpha value is -3.67. The van der Waals surface area contributed by atoms with Crippen LogP contribution in [-0.4, -0.2) is 37.2 Å². The van der Waals surface area contributed by atoms with Gasteiger partial charge in [-0.2, -0.15) is 0 Å². The highest BCUT2D eigenvalue weighted by atomic mass is 16.6. The van der Waals surface area contributed by atoms with Crippen LogP contribution in [-0.2, 0) is 28.6 Å². The van der Waals surface area contributed by atoms with Gasteiger partial charge in [-0.25, -0.2) is 0 Å². The molecule has 62 heavy (non-hydrogen) atoms. The van der Waals surface area contributed by atoms with Crippen LogP contribution >= 0.6 is 0 Å². The molecule has 1 atom stereocenters. The molecule has 0 aromatic carbocycles. The Morgan fingerprint density at radius 2 is 0.629 bits per heavy atom. The molecule has 0 aliphatic heterocycles. The lowest BCUT2D eigenvalue weighted by molar-refractivity contribution is -0.167. The number of unbranched alkanes of at least 4 members (excludes halogenated alkanes) is 17. The van der Waals surface area contributed by atoms with Gasteiger partial charge in [-0.05, 0) is 83.5 Å². The third kappa shape index (κ3) is 47.4. The van der Waals surface area contributed by atoms with Crippen molar-refractivity contribution in [2.75, 3.05) is 13.2 Å². The van der Waals surface area contributed by atoms with Crippen molar-refractivity contribution in [3.63, 3.8) is 0 Å². The normalized spacial score (nSPS) is 12.9. The van der Waals surface area contributed by atoms with Gasteiger partial charge >= 0.3 is 17.9 Å². The zero-order valence-electron chi connectivity index (χ0n) is 40.1. The van der Waals surface area contributed by atoms with Crippen LogP contribution in [0, 0.1) is 0 Å². The Bertz CT molecular complexity index is 1260. The summed E-state index contributed by atoms with van der Waals surface area (Å²) in [5, 5.41) is 0. The van der Waals surface area contributed by atoms with Crippen molar-refractivity contribution in [2.45, 2.75) is 226 Å². The second-order valence-corrected chi connectivity index (χ2v) is 16.4. The van der Waals surface area contributed by atoms with Crippen LogP contribution in [0.4, 0.5) is 0 Å². The summed E-state index contributed by atoms with van der Waals surface area (Å²) < 4.78 is 16.6. The third-order valence-electron chi connectivity index (χ3n) is 10.4. The summed E-state index contributed by atoms with van der Waals surface area (Å²) in [6.45, 7) is 6.41. The van der Waals surface area contributed by atoms with Crippen molar-refractivity contribution in [1.82, 2.24) is 0 Å². The first-order valence-corrected chi connectivity index (χ1v) is 25.2. The molecule has 352 valence electrons. The van der Waals surface area contributed by atoms with Crippen LogP contribution in [0.5, 0.6) is 0 Å². The van der Waals surface area contributed by atoms with E-state index in [1.54, 1.807) is 0 Å². The fraction of sp³-hybridized carbons (Fsp3) is 0.661. The lowest BCUT2D eigenvalue weighted by atomic mass is 10.1.